The van der Waals surface area contributed by atoms with Crippen molar-refractivity contribution in [3.63, 3.8) is 0 Å². The Morgan fingerprint density at radius 2 is 1.80 bits per heavy atom. The van der Waals surface area contributed by atoms with Crippen LogP contribution in [-0.2, 0) is 20.1 Å². The minimum absolute atomic E-state index is 0.653. The Morgan fingerprint density at radius 3 is 2.52 bits per heavy atom. The van der Waals surface area contributed by atoms with Gasteiger partial charge in [-0.25, -0.2) is 9.97 Å². The van der Waals surface area contributed by atoms with E-state index in [1.165, 1.54) is 11.0 Å². The highest BCUT2D eigenvalue weighted by molar-refractivity contribution is 5.84. The Balaban J connectivity index is 2.08. The van der Waals surface area contributed by atoms with E-state index in [9.17, 15) is 0 Å². The molecule has 0 spiro atoms. The molecule has 0 saturated heterocycles. The molecule has 0 amide bonds. The summed E-state index contributed by atoms with van der Waals surface area (Å²) < 4.78 is 6.24. The first-order valence-electron chi connectivity index (χ1n) is 8.60. The molecule has 0 N–H and O–H groups in total. The number of rotatable bonds is 4. The number of aromatic nitrogens is 6. The predicted octanol–water partition coefficient (Wildman–Crippen LogP) is 2.78. The van der Waals surface area contributed by atoms with E-state index in [-0.39, 0.29) is 0 Å². The summed E-state index contributed by atoms with van der Waals surface area (Å²) in [5.74, 6) is 0.653. The Labute approximate surface area is 145 Å². The van der Waals surface area contributed by atoms with Crippen molar-refractivity contribution in [1.82, 2.24) is 28.9 Å². The normalized spacial score (nSPS) is 12.5. The highest BCUT2D eigenvalue weighted by atomic mass is 15.3. The summed E-state index contributed by atoms with van der Waals surface area (Å²) in [6.45, 7) is 6.07. The van der Waals surface area contributed by atoms with E-state index in [1.807, 2.05) is 7.05 Å². The Hall–Kier alpha value is -2.96. The maximum absolute atomic E-state index is 4.93. The molecule has 0 saturated carbocycles. The second kappa shape index (κ2) is 6.16. The van der Waals surface area contributed by atoms with E-state index in [0.29, 0.717) is 5.82 Å². The molecule has 0 radical (unpaired) electrons. The number of benzene rings is 1. The first-order valence-corrected chi connectivity index (χ1v) is 8.60. The van der Waals surface area contributed by atoms with Crippen molar-refractivity contribution in [3.05, 3.63) is 42.4 Å². The van der Waals surface area contributed by atoms with Gasteiger partial charge < -0.3 is 9.13 Å². The number of fused-ring (bicyclic) bond motifs is 2. The number of hydrogen-bond acceptors (Lipinski definition) is 4. The summed E-state index contributed by atoms with van der Waals surface area (Å²) in [4.78, 5) is 13.6. The van der Waals surface area contributed by atoms with Gasteiger partial charge in [-0.1, -0.05) is 19.1 Å². The molecule has 128 valence electrons. The quantitative estimate of drug-likeness (QED) is 0.576. The molecule has 1 aromatic carbocycles. The van der Waals surface area contributed by atoms with Gasteiger partial charge in [-0.3, -0.25) is 4.68 Å². The van der Waals surface area contributed by atoms with Crippen LogP contribution >= 0.6 is 0 Å². The summed E-state index contributed by atoms with van der Waals surface area (Å²) in [6.07, 6.45) is 4.36. The Kier molecular flexibility index (Phi) is 3.83. The van der Waals surface area contributed by atoms with Crippen LogP contribution in [0.4, 0.5) is 5.82 Å². The molecule has 4 rings (SSSR count). The average molecular weight is 335 g/mol. The first kappa shape index (κ1) is 15.6. The second-order valence-corrected chi connectivity index (χ2v) is 6.00. The van der Waals surface area contributed by atoms with Crippen LogP contribution in [0.3, 0.4) is 0 Å². The van der Waals surface area contributed by atoms with Gasteiger partial charge in [0, 0.05) is 20.1 Å². The molecule has 4 aromatic rings. The van der Waals surface area contributed by atoms with Gasteiger partial charge in [0.15, 0.2) is 11.5 Å². The molecule has 0 atom stereocenters. The summed E-state index contributed by atoms with van der Waals surface area (Å²) in [5, 5.41) is 5.14. The molecule has 0 aliphatic carbocycles. The van der Waals surface area contributed by atoms with Crippen molar-refractivity contribution in [2.75, 3.05) is 0 Å². The fraction of sp³-hybridized carbons (Fsp3) is 0.333. The molecule has 0 aliphatic heterocycles. The number of hydrogen-bond donors (Lipinski definition) is 0. The highest BCUT2D eigenvalue weighted by Crippen LogP contribution is 2.21. The van der Waals surface area contributed by atoms with Crippen LogP contribution in [0.1, 0.15) is 20.3 Å². The van der Waals surface area contributed by atoms with Gasteiger partial charge in [0.25, 0.3) is 0 Å². The summed E-state index contributed by atoms with van der Waals surface area (Å²) in [5.41, 5.74) is 4.08. The van der Waals surface area contributed by atoms with E-state index in [0.717, 1.165) is 36.2 Å². The molecule has 7 heteroatoms. The van der Waals surface area contributed by atoms with Gasteiger partial charge in [0.1, 0.15) is 6.33 Å². The van der Waals surface area contributed by atoms with Gasteiger partial charge in [-0.15, -0.1) is 0 Å². The zero-order chi connectivity index (χ0) is 17.4. The minimum atomic E-state index is 0.653. The molecule has 0 fully saturated rings. The standard InChI is InChI=1S/C18H21N7/c1-4-10-25-15-9-7-6-8-14(15)24(5-2)18(25)22-16-13-11-21-23(3)17(13)20-12-19-16/h6-9,11-12H,4-5,10H2,1-3H3/b22-18-. The molecule has 25 heavy (non-hydrogen) atoms. The van der Waals surface area contributed by atoms with E-state index in [1.54, 1.807) is 17.2 Å². The Bertz CT molecular complexity index is 1110. The van der Waals surface area contributed by atoms with Crippen molar-refractivity contribution in [3.8, 4) is 0 Å². The molecule has 7 nitrogen and oxygen atoms in total. The van der Waals surface area contributed by atoms with Crippen LogP contribution in [0, 0.1) is 0 Å². The third-order valence-electron chi connectivity index (χ3n) is 4.42. The molecule has 3 aromatic heterocycles. The predicted molar refractivity (Wildman–Crippen MR) is 97.4 cm³/mol. The van der Waals surface area contributed by atoms with Crippen LogP contribution in [-0.4, -0.2) is 28.9 Å². The van der Waals surface area contributed by atoms with Crippen LogP contribution in [0.2, 0.25) is 0 Å². The van der Waals surface area contributed by atoms with Gasteiger partial charge in [-0.2, -0.15) is 10.1 Å². The monoisotopic (exact) mass is 335 g/mol. The van der Waals surface area contributed by atoms with Crippen molar-refractivity contribution in [2.24, 2.45) is 12.0 Å². The third kappa shape index (κ3) is 2.43. The second-order valence-electron chi connectivity index (χ2n) is 6.00. The van der Waals surface area contributed by atoms with E-state index in [2.05, 4.69) is 62.3 Å². The average Bonchev–Trinajstić information content (AvgIpc) is 3.15. The van der Waals surface area contributed by atoms with Crippen molar-refractivity contribution < 1.29 is 0 Å². The molecular formula is C18H21N7. The van der Waals surface area contributed by atoms with Gasteiger partial charge in [0.05, 0.1) is 22.6 Å². The number of nitrogens with zero attached hydrogens (tertiary/aromatic N) is 7. The van der Waals surface area contributed by atoms with Crippen LogP contribution in [0.5, 0.6) is 0 Å². The molecular weight excluding hydrogens is 314 g/mol. The van der Waals surface area contributed by atoms with Gasteiger partial charge >= 0.3 is 0 Å². The van der Waals surface area contributed by atoms with Crippen molar-refractivity contribution >= 4 is 27.9 Å². The lowest BCUT2D eigenvalue weighted by Gasteiger charge is -2.03. The maximum atomic E-state index is 4.93. The minimum Gasteiger partial charge on any atom is -0.310 e. The molecule has 0 bridgehead atoms. The van der Waals surface area contributed by atoms with Crippen LogP contribution < -0.4 is 5.62 Å². The fourth-order valence-corrected chi connectivity index (χ4v) is 3.29. The maximum Gasteiger partial charge on any atom is 0.212 e. The zero-order valence-electron chi connectivity index (χ0n) is 14.7. The summed E-state index contributed by atoms with van der Waals surface area (Å²) in [6, 6.07) is 8.43. The lowest BCUT2D eigenvalue weighted by Crippen LogP contribution is -2.25. The van der Waals surface area contributed by atoms with Crippen LogP contribution in [0.15, 0.2) is 41.8 Å². The molecule has 3 heterocycles. The van der Waals surface area contributed by atoms with Gasteiger partial charge in [-0.05, 0) is 25.5 Å². The number of aryl methyl sites for hydroxylation is 3. The number of imidazole rings is 1. The van der Waals surface area contributed by atoms with Crippen molar-refractivity contribution in [1.29, 1.82) is 0 Å². The van der Waals surface area contributed by atoms with E-state index in [4.69, 9.17) is 4.99 Å². The third-order valence-corrected chi connectivity index (χ3v) is 4.42. The van der Waals surface area contributed by atoms with Gasteiger partial charge in [0.2, 0.25) is 5.62 Å². The van der Waals surface area contributed by atoms with Crippen LogP contribution in [0.25, 0.3) is 22.1 Å². The fourth-order valence-electron chi connectivity index (χ4n) is 3.29. The lowest BCUT2D eigenvalue weighted by atomic mass is 10.3. The SMILES string of the molecule is CCCn1/c(=N\c2ncnc3c2cnn3C)n(CC)c2ccccc21. The summed E-state index contributed by atoms with van der Waals surface area (Å²) >= 11 is 0. The smallest absolute Gasteiger partial charge is 0.212 e. The molecule has 0 aliphatic rings. The van der Waals surface area contributed by atoms with Crippen molar-refractivity contribution in [2.45, 2.75) is 33.4 Å². The molecule has 0 unspecified atom stereocenters. The number of para-hydroxylation sites is 2. The van der Waals surface area contributed by atoms with E-state index >= 15 is 0 Å². The Morgan fingerprint density at radius 1 is 1.04 bits per heavy atom. The zero-order valence-corrected chi connectivity index (χ0v) is 14.7. The first-order chi connectivity index (χ1) is 12.2. The topological polar surface area (TPSA) is 65.8 Å². The summed E-state index contributed by atoms with van der Waals surface area (Å²) in [7, 11) is 1.87. The largest absolute Gasteiger partial charge is 0.310 e. The lowest BCUT2D eigenvalue weighted by molar-refractivity contribution is 0.615. The van der Waals surface area contributed by atoms with E-state index < -0.39 is 0 Å². The highest BCUT2D eigenvalue weighted by Gasteiger charge is 2.12.